The monoisotopic (exact) mass is 278 g/mol. The van der Waals surface area contributed by atoms with Crippen molar-refractivity contribution in [1.29, 1.82) is 0 Å². The molecule has 0 fully saturated rings. The number of aliphatic hydroxyl groups is 1. The fourth-order valence-electron chi connectivity index (χ4n) is 1.12. The number of alkyl halides is 6. The van der Waals surface area contributed by atoms with Crippen LogP contribution in [0.1, 0.15) is 17.2 Å². The molecule has 0 aliphatic heterocycles. The van der Waals surface area contributed by atoms with Crippen LogP contribution in [0.25, 0.3) is 0 Å². The first-order valence-electron chi connectivity index (χ1n) is 4.14. The third-order valence-corrected chi connectivity index (χ3v) is 2.09. The summed E-state index contributed by atoms with van der Waals surface area (Å²) < 4.78 is 73.2. The first-order chi connectivity index (χ1) is 7.51. The maximum Gasteiger partial charge on any atom is 0.418 e. The van der Waals surface area contributed by atoms with Crippen molar-refractivity contribution >= 4 is 11.6 Å². The minimum Gasteiger partial charge on any atom is -0.379 e. The number of hydrogen-bond donors (Lipinski definition) is 1. The van der Waals surface area contributed by atoms with Crippen molar-refractivity contribution in [2.45, 2.75) is 18.5 Å². The zero-order valence-corrected chi connectivity index (χ0v) is 8.66. The van der Waals surface area contributed by atoms with Gasteiger partial charge in [0.2, 0.25) is 0 Å². The van der Waals surface area contributed by atoms with Gasteiger partial charge in [-0.3, -0.25) is 0 Å². The first-order valence-corrected chi connectivity index (χ1v) is 4.52. The number of benzene rings is 1. The largest absolute Gasteiger partial charge is 0.418 e. The van der Waals surface area contributed by atoms with Gasteiger partial charge in [-0.1, -0.05) is 11.6 Å². The Balaban J connectivity index is 3.24. The summed E-state index contributed by atoms with van der Waals surface area (Å²) in [6.45, 7) is 0. The minimum atomic E-state index is -5.05. The highest BCUT2D eigenvalue weighted by Gasteiger charge is 2.41. The maximum atomic E-state index is 12.3. The topological polar surface area (TPSA) is 20.2 Å². The molecule has 0 aromatic heterocycles. The minimum absolute atomic E-state index is 0.212. The Bertz CT molecular complexity index is 411. The van der Waals surface area contributed by atoms with E-state index in [1.807, 2.05) is 0 Å². The molecule has 1 N–H and O–H groups in total. The van der Waals surface area contributed by atoms with Gasteiger partial charge in [0.15, 0.2) is 6.10 Å². The van der Waals surface area contributed by atoms with Crippen LogP contribution in [0.4, 0.5) is 26.3 Å². The summed E-state index contributed by atoms with van der Waals surface area (Å²) in [6, 6.07) is 1.33. The van der Waals surface area contributed by atoms with Gasteiger partial charge in [0.25, 0.3) is 0 Å². The molecule has 96 valence electrons. The van der Waals surface area contributed by atoms with Gasteiger partial charge >= 0.3 is 12.4 Å². The molecule has 1 atom stereocenters. The molecule has 1 rings (SSSR count). The Morgan fingerprint density at radius 3 is 1.94 bits per heavy atom. The number of rotatable bonds is 1. The van der Waals surface area contributed by atoms with Gasteiger partial charge in [-0.05, 0) is 23.8 Å². The molecule has 1 unspecified atom stereocenters. The average Bonchev–Trinajstić information content (AvgIpc) is 2.12. The third-order valence-electron chi connectivity index (χ3n) is 1.87. The molecule has 0 saturated heterocycles. The van der Waals surface area contributed by atoms with Crippen LogP contribution in [0.2, 0.25) is 5.02 Å². The number of aliphatic hydroxyl groups excluding tert-OH is 1. The zero-order chi connectivity index (χ0) is 13.4. The van der Waals surface area contributed by atoms with Crippen molar-refractivity contribution in [2.24, 2.45) is 0 Å². The Morgan fingerprint density at radius 2 is 1.53 bits per heavy atom. The summed E-state index contributed by atoms with van der Waals surface area (Å²) in [4.78, 5) is 0. The van der Waals surface area contributed by atoms with Gasteiger partial charge in [-0.15, -0.1) is 0 Å². The van der Waals surface area contributed by atoms with Crippen LogP contribution in [0.15, 0.2) is 18.2 Å². The van der Waals surface area contributed by atoms with E-state index < -0.39 is 34.6 Å². The van der Waals surface area contributed by atoms with E-state index in [9.17, 15) is 26.3 Å². The second-order valence-electron chi connectivity index (χ2n) is 3.22. The Hall–Kier alpha value is -0.950. The van der Waals surface area contributed by atoms with Crippen LogP contribution >= 0.6 is 11.6 Å². The Labute approximate surface area is 96.6 Å². The molecule has 1 nitrogen and oxygen atoms in total. The summed E-state index contributed by atoms with van der Waals surface area (Å²) in [6.07, 6.45) is -12.9. The first kappa shape index (κ1) is 14.1. The molecule has 8 heteroatoms. The van der Waals surface area contributed by atoms with Gasteiger partial charge in [0.05, 0.1) is 5.56 Å². The van der Waals surface area contributed by atoms with Gasteiger partial charge in [0, 0.05) is 5.02 Å². The van der Waals surface area contributed by atoms with Crippen molar-refractivity contribution in [3.05, 3.63) is 34.3 Å². The fourth-order valence-corrected chi connectivity index (χ4v) is 1.37. The average molecular weight is 279 g/mol. The van der Waals surface area contributed by atoms with Crippen LogP contribution in [0.5, 0.6) is 0 Å². The molecular weight excluding hydrogens is 274 g/mol. The molecular formula is C9H5ClF6O. The van der Waals surface area contributed by atoms with Gasteiger partial charge in [-0.2, -0.15) is 26.3 Å². The molecule has 17 heavy (non-hydrogen) atoms. The SMILES string of the molecule is OC(c1cc(Cl)cc(C(F)(F)F)c1)C(F)(F)F. The van der Waals surface area contributed by atoms with Crippen molar-refractivity contribution in [3.8, 4) is 0 Å². The number of halogens is 7. The van der Waals surface area contributed by atoms with Gasteiger partial charge < -0.3 is 5.11 Å². The molecule has 0 saturated carbocycles. The molecule has 0 aliphatic rings. The zero-order valence-electron chi connectivity index (χ0n) is 7.90. The summed E-state index contributed by atoms with van der Waals surface area (Å²) in [7, 11) is 0. The molecule has 1 aromatic rings. The van der Waals surface area contributed by atoms with E-state index in [-0.39, 0.29) is 6.07 Å². The molecule has 0 heterocycles. The van der Waals surface area contributed by atoms with Crippen LogP contribution < -0.4 is 0 Å². The summed E-state index contributed by atoms with van der Waals surface area (Å²) in [5, 5.41) is 8.29. The predicted octanol–water partition coefficient (Wildman–Crippen LogP) is 3.95. The molecule has 1 aromatic carbocycles. The van der Waals surface area contributed by atoms with E-state index in [2.05, 4.69) is 0 Å². The maximum absolute atomic E-state index is 12.3. The highest BCUT2D eigenvalue weighted by Crippen LogP contribution is 2.37. The highest BCUT2D eigenvalue weighted by molar-refractivity contribution is 6.30. The lowest BCUT2D eigenvalue weighted by atomic mass is 10.1. The third kappa shape index (κ3) is 3.50. The summed E-state index contributed by atoms with van der Waals surface area (Å²) in [5.74, 6) is 0. The van der Waals surface area contributed by atoms with Crippen LogP contribution in [0, 0.1) is 0 Å². The van der Waals surface area contributed by atoms with E-state index in [0.29, 0.717) is 12.1 Å². The molecule has 0 aliphatic carbocycles. The van der Waals surface area contributed by atoms with Crippen LogP contribution in [-0.2, 0) is 6.18 Å². The fraction of sp³-hybridized carbons (Fsp3) is 0.333. The Morgan fingerprint density at radius 1 is 1.00 bits per heavy atom. The number of hydrogen-bond acceptors (Lipinski definition) is 1. The van der Waals surface area contributed by atoms with Crippen LogP contribution in [0.3, 0.4) is 0 Å². The normalized spacial score (nSPS) is 14.8. The summed E-state index contributed by atoms with van der Waals surface area (Å²) >= 11 is 5.27. The second kappa shape index (κ2) is 4.38. The van der Waals surface area contributed by atoms with Crippen molar-refractivity contribution in [3.63, 3.8) is 0 Å². The predicted molar refractivity (Wildman–Crippen MR) is 47.5 cm³/mol. The van der Waals surface area contributed by atoms with Gasteiger partial charge in [-0.25, -0.2) is 0 Å². The van der Waals surface area contributed by atoms with E-state index in [1.165, 1.54) is 0 Å². The van der Waals surface area contributed by atoms with Crippen molar-refractivity contribution < 1.29 is 31.4 Å². The quantitative estimate of drug-likeness (QED) is 0.771. The van der Waals surface area contributed by atoms with Gasteiger partial charge in [0.1, 0.15) is 0 Å². The van der Waals surface area contributed by atoms with E-state index in [4.69, 9.17) is 16.7 Å². The molecule has 0 bridgehead atoms. The summed E-state index contributed by atoms with van der Waals surface area (Å²) in [5.41, 5.74) is -2.29. The smallest absolute Gasteiger partial charge is 0.379 e. The van der Waals surface area contributed by atoms with E-state index in [1.54, 1.807) is 0 Å². The van der Waals surface area contributed by atoms with Crippen molar-refractivity contribution in [1.82, 2.24) is 0 Å². The lowest BCUT2D eigenvalue weighted by molar-refractivity contribution is -0.207. The molecule has 0 spiro atoms. The lowest BCUT2D eigenvalue weighted by Gasteiger charge is -2.17. The van der Waals surface area contributed by atoms with E-state index in [0.717, 1.165) is 0 Å². The highest BCUT2D eigenvalue weighted by atomic mass is 35.5. The lowest BCUT2D eigenvalue weighted by Crippen LogP contribution is -2.20. The van der Waals surface area contributed by atoms with E-state index >= 15 is 0 Å². The van der Waals surface area contributed by atoms with Crippen LogP contribution in [-0.4, -0.2) is 11.3 Å². The van der Waals surface area contributed by atoms with Crippen molar-refractivity contribution in [2.75, 3.05) is 0 Å². The standard InChI is InChI=1S/C9H5ClF6O/c10-6-2-4(7(17)9(14,15)16)1-5(3-6)8(11,12)13/h1-3,7,17H. The second-order valence-corrected chi connectivity index (χ2v) is 3.65. The Kier molecular flexibility index (Phi) is 3.63. The molecule has 0 amide bonds. The molecule has 0 radical (unpaired) electrons.